The molecule has 1 aliphatic heterocycles. The molecule has 3 rings (SSSR count). The Hall–Kier alpha value is -2.49. The standard InChI is InChI=1S/C21H25NO3/c1-14-7-9-17(15(2)12-14)21(23)22-11-5-6-19(22)18-13-16(24-3)8-10-20(18)25-4/h7-10,12-13,19H,5-6,11H2,1-4H3. The first-order valence-corrected chi connectivity index (χ1v) is 8.65. The Kier molecular flexibility index (Phi) is 4.98. The number of rotatable bonds is 4. The van der Waals surface area contributed by atoms with Crippen molar-refractivity contribution in [1.29, 1.82) is 0 Å². The third-order valence-corrected chi connectivity index (χ3v) is 4.92. The van der Waals surface area contributed by atoms with Crippen molar-refractivity contribution in [2.24, 2.45) is 0 Å². The number of likely N-dealkylation sites (tertiary alicyclic amines) is 1. The molecule has 1 aliphatic rings. The highest BCUT2D eigenvalue weighted by molar-refractivity contribution is 5.96. The van der Waals surface area contributed by atoms with Gasteiger partial charge in [-0.05, 0) is 56.5 Å². The van der Waals surface area contributed by atoms with Crippen LogP contribution in [0.5, 0.6) is 11.5 Å². The fraction of sp³-hybridized carbons (Fsp3) is 0.381. The summed E-state index contributed by atoms with van der Waals surface area (Å²) < 4.78 is 10.9. The van der Waals surface area contributed by atoms with E-state index < -0.39 is 0 Å². The Morgan fingerprint density at radius 1 is 1.08 bits per heavy atom. The second-order valence-corrected chi connectivity index (χ2v) is 6.58. The molecule has 4 nitrogen and oxygen atoms in total. The quantitative estimate of drug-likeness (QED) is 0.834. The maximum Gasteiger partial charge on any atom is 0.254 e. The number of aryl methyl sites for hydroxylation is 2. The zero-order valence-electron chi connectivity index (χ0n) is 15.3. The van der Waals surface area contributed by atoms with Crippen LogP contribution in [-0.2, 0) is 0 Å². The van der Waals surface area contributed by atoms with Gasteiger partial charge in [0.1, 0.15) is 11.5 Å². The van der Waals surface area contributed by atoms with E-state index in [1.165, 1.54) is 5.56 Å². The minimum atomic E-state index is 0.0123. The van der Waals surface area contributed by atoms with Gasteiger partial charge in [-0.15, -0.1) is 0 Å². The SMILES string of the molecule is COc1ccc(OC)c(C2CCCN2C(=O)c2ccc(C)cc2C)c1. The molecule has 1 amide bonds. The molecule has 25 heavy (non-hydrogen) atoms. The Morgan fingerprint density at radius 3 is 2.56 bits per heavy atom. The second-order valence-electron chi connectivity index (χ2n) is 6.58. The minimum absolute atomic E-state index is 0.0123. The molecule has 1 saturated heterocycles. The van der Waals surface area contributed by atoms with Gasteiger partial charge in [0, 0.05) is 17.7 Å². The maximum absolute atomic E-state index is 13.2. The smallest absolute Gasteiger partial charge is 0.254 e. The molecule has 0 aliphatic carbocycles. The predicted molar refractivity (Wildman–Crippen MR) is 98.5 cm³/mol. The molecule has 2 aromatic carbocycles. The average Bonchev–Trinajstić information content (AvgIpc) is 3.10. The van der Waals surface area contributed by atoms with Gasteiger partial charge in [-0.1, -0.05) is 17.7 Å². The number of hydrogen-bond donors (Lipinski definition) is 0. The number of hydrogen-bond acceptors (Lipinski definition) is 3. The Balaban J connectivity index is 1.96. The van der Waals surface area contributed by atoms with Gasteiger partial charge in [0.2, 0.25) is 0 Å². The molecule has 0 radical (unpaired) electrons. The van der Waals surface area contributed by atoms with Gasteiger partial charge >= 0.3 is 0 Å². The summed E-state index contributed by atoms with van der Waals surface area (Å²) in [5.41, 5.74) is 3.98. The minimum Gasteiger partial charge on any atom is -0.497 e. The monoisotopic (exact) mass is 339 g/mol. The van der Waals surface area contributed by atoms with Crippen molar-refractivity contribution in [3.05, 3.63) is 58.7 Å². The van der Waals surface area contributed by atoms with Gasteiger partial charge in [0.05, 0.1) is 20.3 Å². The Morgan fingerprint density at radius 2 is 1.88 bits per heavy atom. The van der Waals surface area contributed by atoms with Crippen LogP contribution < -0.4 is 9.47 Å². The fourth-order valence-corrected chi connectivity index (χ4v) is 3.64. The number of benzene rings is 2. The van der Waals surface area contributed by atoms with E-state index in [1.54, 1.807) is 14.2 Å². The molecule has 0 aromatic heterocycles. The van der Waals surface area contributed by atoms with Crippen molar-refractivity contribution in [3.8, 4) is 11.5 Å². The highest BCUT2D eigenvalue weighted by atomic mass is 16.5. The van der Waals surface area contributed by atoms with Crippen molar-refractivity contribution in [3.63, 3.8) is 0 Å². The zero-order chi connectivity index (χ0) is 18.0. The number of carbonyl (C=O) groups is 1. The van der Waals surface area contributed by atoms with Gasteiger partial charge in [0.25, 0.3) is 5.91 Å². The normalized spacial score (nSPS) is 16.8. The zero-order valence-corrected chi connectivity index (χ0v) is 15.3. The van der Waals surface area contributed by atoms with Crippen LogP contribution in [0.15, 0.2) is 36.4 Å². The first-order chi connectivity index (χ1) is 12.0. The Labute approximate surface area is 149 Å². The molecule has 1 atom stereocenters. The van der Waals surface area contributed by atoms with Crippen LogP contribution >= 0.6 is 0 Å². The summed E-state index contributed by atoms with van der Waals surface area (Å²) in [6, 6.07) is 11.8. The lowest BCUT2D eigenvalue weighted by atomic mass is 10.0. The molecule has 1 unspecified atom stereocenters. The predicted octanol–water partition coefficient (Wildman–Crippen LogP) is 4.30. The van der Waals surface area contributed by atoms with Crippen molar-refractivity contribution in [1.82, 2.24) is 4.90 Å². The molecule has 132 valence electrons. The molecule has 1 heterocycles. The van der Waals surface area contributed by atoms with Crippen LogP contribution in [0.1, 0.15) is 45.9 Å². The summed E-state index contributed by atoms with van der Waals surface area (Å²) in [4.78, 5) is 15.1. The number of methoxy groups -OCH3 is 2. The number of nitrogens with zero attached hydrogens (tertiary/aromatic N) is 1. The molecule has 2 aromatic rings. The lowest BCUT2D eigenvalue weighted by Gasteiger charge is -2.27. The lowest BCUT2D eigenvalue weighted by Crippen LogP contribution is -2.31. The third-order valence-electron chi connectivity index (χ3n) is 4.92. The summed E-state index contributed by atoms with van der Waals surface area (Å²) in [5, 5.41) is 0. The second kappa shape index (κ2) is 7.18. The fourth-order valence-electron chi connectivity index (χ4n) is 3.64. The first-order valence-electron chi connectivity index (χ1n) is 8.65. The van der Waals surface area contributed by atoms with Crippen LogP contribution in [0, 0.1) is 13.8 Å². The molecular weight excluding hydrogens is 314 g/mol. The summed E-state index contributed by atoms with van der Waals surface area (Å²) in [6.07, 6.45) is 1.92. The molecule has 1 fully saturated rings. The van der Waals surface area contributed by atoms with Gasteiger partial charge in [0.15, 0.2) is 0 Å². The number of amides is 1. The van der Waals surface area contributed by atoms with E-state index in [1.807, 2.05) is 49.1 Å². The number of carbonyl (C=O) groups excluding carboxylic acids is 1. The topological polar surface area (TPSA) is 38.8 Å². The van der Waals surface area contributed by atoms with Crippen LogP contribution in [-0.4, -0.2) is 31.6 Å². The van der Waals surface area contributed by atoms with Crippen LogP contribution in [0.3, 0.4) is 0 Å². The average molecular weight is 339 g/mol. The van der Waals surface area contributed by atoms with Crippen molar-refractivity contribution in [2.75, 3.05) is 20.8 Å². The van der Waals surface area contributed by atoms with Crippen LogP contribution in [0.2, 0.25) is 0 Å². The first kappa shape index (κ1) is 17.3. The van der Waals surface area contributed by atoms with E-state index >= 15 is 0 Å². The van der Waals surface area contributed by atoms with E-state index in [9.17, 15) is 4.79 Å². The summed E-state index contributed by atoms with van der Waals surface area (Å²) >= 11 is 0. The number of ether oxygens (including phenoxy) is 2. The van der Waals surface area contributed by atoms with Gasteiger partial charge in [-0.2, -0.15) is 0 Å². The van der Waals surface area contributed by atoms with Gasteiger partial charge in [-0.25, -0.2) is 0 Å². The maximum atomic E-state index is 13.2. The molecular formula is C21H25NO3. The van der Waals surface area contributed by atoms with Crippen LogP contribution in [0.4, 0.5) is 0 Å². The molecule has 0 spiro atoms. The van der Waals surface area contributed by atoms with Gasteiger partial charge < -0.3 is 14.4 Å². The molecule has 0 N–H and O–H groups in total. The van der Waals surface area contributed by atoms with Gasteiger partial charge in [-0.3, -0.25) is 4.79 Å². The third kappa shape index (κ3) is 3.34. The van der Waals surface area contributed by atoms with Crippen molar-refractivity contribution >= 4 is 5.91 Å². The van der Waals surface area contributed by atoms with E-state index in [0.717, 1.165) is 47.6 Å². The van der Waals surface area contributed by atoms with E-state index in [4.69, 9.17) is 9.47 Å². The summed E-state index contributed by atoms with van der Waals surface area (Å²) in [7, 11) is 3.31. The Bertz CT molecular complexity index is 785. The largest absolute Gasteiger partial charge is 0.497 e. The van der Waals surface area contributed by atoms with E-state index in [2.05, 4.69) is 6.07 Å². The lowest BCUT2D eigenvalue weighted by molar-refractivity contribution is 0.0733. The van der Waals surface area contributed by atoms with E-state index in [0.29, 0.717) is 0 Å². The highest BCUT2D eigenvalue weighted by Gasteiger charge is 2.33. The summed E-state index contributed by atoms with van der Waals surface area (Å²) in [5.74, 6) is 1.66. The van der Waals surface area contributed by atoms with Crippen LogP contribution in [0.25, 0.3) is 0 Å². The molecule has 4 heteroatoms. The summed E-state index contributed by atoms with van der Waals surface area (Å²) in [6.45, 7) is 4.80. The van der Waals surface area contributed by atoms with Crippen molar-refractivity contribution < 1.29 is 14.3 Å². The van der Waals surface area contributed by atoms with E-state index in [-0.39, 0.29) is 11.9 Å². The molecule has 0 saturated carbocycles. The van der Waals surface area contributed by atoms with Crippen molar-refractivity contribution in [2.45, 2.75) is 32.7 Å². The highest BCUT2D eigenvalue weighted by Crippen LogP contribution is 2.39. The molecule has 0 bridgehead atoms.